The molecule has 0 saturated heterocycles. The topological polar surface area (TPSA) is 15.3 Å². The van der Waals surface area contributed by atoms with Gasteiger partial charge in [0.05, 0.1) is 0 Å². The van der Waals surface area contributed by atoms with Gasteiger partial charge in [-0.2, -0.15) is 0 Å². The van der Waals surface area contributed by atoms with Gasteiger partial charge in [0.25, 0.3) is 0 Å². The molecule has 0 bridgehead atoms. The Hall–Kier alpha value is -1.32. The Morgan fingerprint density at radius 1 is 1.19 bits per heavy atom. The van der Waals surface area contributed by atoms with E-state index in [1.807, 2.05) is 11.3 Å². The maximum Gasteiger partial charge on any atom is 0.0399 e. The average molecular weight is 300 g/mol. The van der Waals surface area contributed by atoms with Gasteiger partial charge in [-0.3, -0.25) is 0 Å². The zero-order valence-electron chi connectivity index (χ0n) is 12.7. The lowest BCUT2D eigenvalue weighted by Gasteiger charge is -2.35. The Kier molecular flexibility index (Phi) is 4.94. The first kappa shape index (κ1) is 14.6. The third-order valence-electron chi connectivity index (χ3n) is 4.12. The van der Waals surface area contributed by atoms with Gasteiger partial charge in [-0.1, -0.05) is 31.2 Å². The van der Waals surface area contributed by atoms with Gasteiger partial charge in [0.15, 0.2) is 0 Å². The lowest BCUT2D eigenvalue weighted by molar-refractivity contribution is 0.523. The van der Waals surface area contributed by atoms with Crippen molar-refractivity contribution in [3.05, 3.63) is 52.2 Å². The van der Waals surface area contributed by atoms with Crippen molar-refractivity contribution in [1.82, 2.24) is 5.32 Å². The number of fused-ring (bicyclic) bond motifs is 1. The van der Waals surface area contributed by atoms with E-state index in [-0.39, 0.29) is 0 Å². The van der Waals surface area contributed by atoms with E-state index in [0.717, 1.165) is 32.0 Å². The molecule has 0 spiro atoms. The quantitative estimate of drug-likeness (QED) is 0.820. The Labute approximate surface area is 131 Å². The molecule has 1 N–H and O–H groups in total. The van der Waals surface area contributed by atoms with E-state index in [0.29, 0.717) is 0 Å². The number of thiophene rings is 1. The smallest absolute Gasteiger partial charge is 0.0399 e. The molecule has 0 saturated carbocycles. The molecule has 1 aromatic heterocycles. The number of hydrogen-bond acceptors (Lipinski definition) is 3. The van der Waals surface area contributed by atoms with Crippen molar-refractivity contribution in [1.29, 1.82) is 0 Å². The van der Waals surface area contributed by atoms with Gasteiger partial charge in [0.2, 0.25) is 0 Å². The molecule has 1 unspecified atom stereocenters. The molecule has 21 heavy (non-hydrogen) atoms. The average Bonchev–Trinajstić information content (AvgIpc) is 3.00. The summed E-state index contributed by atoms with van der Waals surface area (Å²) < 4.78 is 0. The third-order valence-corrected chi connectivity index (χ3v) is 5.06. The standard InChI is InChI=1S/C18H24N2S/c1-15-13-16-5-2-3-7-18(16)20(14-15)11-10-19-9-8-17-6-4-12-21-17/h2-7,12,15,19H,8-11,13-14H2,1H3. The number of rotatable bonds is 6. The summed E-state index contributed by atoms with van der Waals surface area (Å²) in [7, 11) is 0. The van der Waals surface area contributed by atoms with Crippen LogP contribution in [-0.4, -0.2) is 26.2 Å². The molecule has 3 heteroatoms. The van der Waals surface area contributed by atoms with Crippen molar-refractivity contribution < 1.29 is 0 Å². The largest absolute Gasteiger partial charge is 0.370 e. The van der Waals surface area contributed by atoms with Crippen molar-refractivity contribution in [2.75, 3.05) is 31.1 Å². The number of nitrogens with one attached hydrogen (secondary N) is 1. The molecule has 1 atom stereocenters. The molecule has 0 aliphatic carbocycles. The van der Waals surface area contributed by atoms with Gasteiger partial charge in [-0.15, -0.1) is 11.3 Å². The van der Waals surface area contributed by atoms with Crippen LogP contribution in [0.3, 0.4) is 0 Å². The van der Waals surface area contributed by atoms with Gasteiger partial charge in [-0.05, 0) is 41.8 Å². The maximum atomic E-state index is 3.58. The first-order valence-electron chi connectivity index (χ1n) is 7.89. The summed E-state index contributed by atoms with van der Waals surface area (Å²) in [5.41, 5.74) is 2.95. The van der Waals surface area contributed by atoms with Crippen LogP contribution < -0.4 is 10.2 Å². The highest BCUT2D eigenvalue weighted by Gasteiger charge is 2.20. The van der Waals surface area contributed by atoms with Crippen LogP contribution in [0.4, 0.5) is 5.69 Å². The van der Waals surface area contributed by atoms with Crippen molar-refractivity contribution >= 4 is 17.0 Å². The minimum absolute atomic E-state index is 0.756. The highest BCUT2D eigenvalue weighted by Crippen LogP contribution is 2.28. The molecule has 1 aliphatic heterocycles. The van der Waals surface area contributed by atoms with Crippen LogP contribution >= 0.6 is 11.3 Å². The molecular weight excluding hydrogens is 276 g/mol. The zero-order chi connectivity index (χ0) is 14.5. The second-order valence-corrected chi connectivity index (χ2v) is 7.00. The van der Waals surface area contributed by atoms with Crippen LogP contribution in [-0.2, 0) is 12.8 Å². The first-order chi connectivity index (χ1) is 10.3. The van der Waals surface area contributed by atoms with Crippen LogP contribution in [0.2, 0.25) is 0 Å². The minimum atomic E-state index is 0.756. The van der Waals surface area contributed by atoms with E-state index >= 15 is 0 Å². The van der Waals surface area contributed by atoms with E-state index in [9.17, 15) is 0 Å². The van der Waals surface area contributed by atoms with Crippen LogP contribution in [0.5, 0.6) is 0 Å². The lowest BCUT2D eigenvalue weighted by Crippen LogP contribution is -2.39. The molecular formula is C18H24N2S. The summed E-state index contributed by atoms with van der Waals surface area (Å²) in [4.78, 5) is 4.01. The summed E-state index contributed by atoms with van der Waals surface area (Å²) in [5.74, 6) is 0.756. The molecule has 1 aliphatic rings. The maximum absolute atomic E-state index is 3.58. The minimum Gasteiger partial charge on any atom is -0.370 e. The molecule has 112 valence electrons. The SMILES string of the molecule is CC1Cc2ccccc2N(CCNCCc2cccs2)C1. The van der Waals surface area contributed by atoms with Crippen LogP contribution in [0.1, 0.15) is 17.4 Å². The number of nitrogens with zero attached hydrogens (tertiary/aromatic N) is 1. The van der Waals surface area contributed by atoms with Gasteiger partial charge in [0.1, 0.15) is 0 Å². The van der Waals surface area contributed by atoms with Crippen molar-refractivity contribution in [3.63, 3.8) is 0 Å². The van der Waals surface area contributed by atoms with Crippen LogP contribution in [0.25, 0.3) is 0 Å². The Morgan fingerprint density at radius 2 is 2.10 bits per heavy atom. The third kappa shape index (κ3) is 3.86. The van der Waals surface area contributed by atoms with E-state index in [2.05, 4.69) is 58.9 Å². The van der Waals surface area contributed by atoms with Gasteiger partial charge in [-0.25, -0.2) is 0 Å². The Bertz CT molecular complexity index is 550. The molecule has 0 radical (unpaired) electrons. The summed E-state index contributed by atoms with van der Waals surface area (Å²) >= 11 is 1.85. The van der Waals surface area contributed by atoms with E-state index in [1.54, 1.807) is 0 Å². The van der Waals surface area contributed by atoms with Crippen molar-refractivity contribution in [3.8, 4) is 0 Å². The summed E-state index contributed by atoms with van der Waals surface area (Å²) in [5, 5.41) is 5.74. The first-order valence-corrected chi connectivity index (χ1v) is 8.77. The van der Waals surface area contributed by atoms with Crippen LogP contribution in [0.15, 0.2) is 41.8 Å². The van der Waals surface area contributed by atoms with Crippen molar-refractivity contribution in [2.24, 2.45) is 5.92 Å². The van der Waals surface area contributed by atoms with Gasteiger partial charge < -0.3 is 10.2 Å². The normalized spacial score (nSPS) is 17.8. The summed E-state index contributed by atoms with van der Waals surface area (Å²) in [6, 6.07) is 13.2. The van der Waals surface area contributed by atoms with E-state index in [4.69, 9.17) is 0 Å². The Balaban J connectivity index is 1.47. The summed E-state index contributed by atoms with van der Waals surface area (Å²) in [6.07, 6.45) is 2.36. The van der Waals surface area contributed by atoms with E-state index < -0.39 is 0 Å². The fourth-order valence-electron chi connectivity index (χ4n) is 3.12. The van der Waals surface area contributed by atoms with Gasteiger partial charge in [0, 0.05) is 36.7 Å². The second-order valence-electron chi connectivity index (χ2n) is 5.96. The highest BCUT2D eigenvalue weighted by molar-refractivity contribution is 7.09. The highest BCUT2D eigenvalue weighted by atomic mass is 32.1. The fraction of sp³-hybridized carbons (Fsp3) is 0.444. The van der Waals surface area contributed by atoms with Gasteiger partial charge >= 0.3 is 0 Å². The molecule has 2 aromatic rings. The number of hydrogen-bond donors (Lipinski definition) is 1. The zero-order valence-corrected chi connectivity index (χ0v) is 13.5. The van der Waals surface area contributed by atoms with Crippen molar-refractivity contribution in [2.45, 2.75) is 19.8 Å². The lowest BCUT2D eigenvalue weighted by atomic mass is 9.94. The number of anilines is 1. The molecule has 2 nitrogen and oxygen atoms in total. The predicted octanol–water partition coefficient (Wildman–Crippen LogP) is 3.58. The summed E-state index contributed by atoms with van der Waals surface area (Å²) in [6.45, 7) is 6.78. The molecule has 0 amide bonds. The molecule has 0 fully saturated rings. The second kappa shape index (κ2) is 7.10. The predicted molar refractivity (Wildman–Crippen MR) is 92.4 cm³/mol. The Morgan fingerprint density at radius 3 is 2.95 bits per heavy atom. The molecule has 1 aromatic carbocycles. The van der Waals surface area contributed by atoms with Crippen LogP contribution in [0, 0.1) is 5.92 Å². The fourth-order valence-corrected chi connectivity index (χ4v) is 3.83. The van der Waals surface area contributed by atoms with E-state index in [1.165, 1.54) is 29.1 Å². The number of para-hydroxylation sites is 1. The molecule has 3 rings (SSSR count). The molecule has 2 heterocycles. The number of benzene rings is 1. The monoisotopic (exact) mass is 300 g/mol.